The summed E-state index contributed by atoms with van der Waals surface area (Å²) in [5, 5.41) is 10.9. The summed E-state index contributed by atoms with van der Waals surface area (Å²) in [5.74, 6) is -2.58. The van der Waals surface area contributed by atoms with Gasteiger partial charge in [0.05, 0.1) is 18.8 Å². The predicted octanol–water partition coefficient (Wildman–Crippen LogP) is 5.07. The molecule has 5 rings (SSSR count). The maximum absolute atomic E-state index is 15.7. The first-order chi connectivity index (χ1) is 20.9. The van der Waals surface area contributed by atoms with E-state index in [2.05, 4.69) is 20.5 Å². The minimum Gasteiger partial charge on any atom is -0.468 e. The van der Waals surface area contributed by atoms with Gasteiger partial charge in [-0.3, -0.25) is 4.79 Å². The molecular formula is C30H30F2N6O4S2. The number of fused-ring (bicyclic) bond motifs is 1. The molecule has 2 aromatic carbocycles. The molecule has 230 valence electrons. The number of esters is 1. The van der Waals surface area contributed by atoms with Crippen LogP contribution in [0.5, 0.6) is 0 Å². The number of rotatable bonds is 10. The number of methoxy groups -OCH3 is 1. The number of benzene rings is 2. The lowest BCUT2D eigenvalue weighted by Gasteiger charge is -2.41. The summed E-state index contributed by atoms with van der Waals surface area (Å²) < 4.78 is 60.7. The summed E-state index contributed by atoms with van der Waals surface area (Å²) in [4.78, 5) is 24.9. The van der Waals surface area contributed by atoms with Crippen LogP contribution in [0.1, 0.15) is 37.3 Å². The zero-order chi connectivity index (χ0) is 31.8. The predicted molar refractivity (Wildman–Crippen MR) is 166 cm³/mol. The third-order valence-electron chi connectivity index (χ3n) is 7.24. The summed E-state index contributed by atoms with van der Waals surface area (Å²) in [5.41, 5.74) is 3.09. The van der Waals surface area contributed by atoms with Crippen LogP contribution in [0.3, 0.4) is 0 Å². The molecule has 3 heterocycles. The Kier molecular flexibility index (Phi) is 8.83. The Morgan fingerprint density at radius 2 is 1.91 bits per heavy atom. The number of nitrogens with zero attached hydrogens (tertiary/aromatic N) is 5. The highest BCUT2D eigenvalue weighted by Gasteiger charge is 2.32. The molecule has 0 atom stereocenters. The number of halogens is 2. The molecule has 1 aliphatic rings. The van der Waals surface area contributed by atoms with E-state index < -0.39 is 39.4 Å². The highest BCUT2D eigenvalue weighted by molar-refractivity contribution is 7.90. The van der Waals surface area contributed by atoms with Crippen molar-refractivity contribution in [3.05, 3.63) is 64.7 Å². The number of pyridine rings is 1. The average molecular weight is 641 g/mol. The van der Waals surface area contributed by atoms with Gasteiger partial charge in [-0.15, -0.1) is 0 Å². The standard InChI is InChI=1S/C30H30F2N6O4S2/c1-5-38(30-35-28(26(13-33)43-30)18-6-8-19(31)9-7-18)25-12-24(17(2)3)34-29-22(25)10-21(11-23(29)32)37-14-20(15-37)36-44(40,41)16-27(39)42-4/h6-12,17,20,36H,5,14-16H2,1-4H3. The topological polar surface area (TPSA) is 129 Å². The minimum absolute atomic E-state index is 0.00849. The third-order valence-corrected chi connectivity index (χ3v) is 9.53. The van der Waals surface area contributed by atoms with Crippen molar-refractivity contribution < 1.29 is 26.7 Å². The lowest BCUT2D eigenvalue weighted by Crippen LogP contribution is -2.60. The van der Waals surface area contributed by atoms with E-state index in [1.54, 1.807) is 12.1 Å². The Balaban J connectivity index is 1.52. The minimum atomic E-state index is -3.88. The SMILES string of the molecule is CCN(c1nc(-c2ccc(F)cc2)c(C#N)s1)c1cc(C(C)C)nc2c(F)cc(N3CC(NS(=O)(=O)CC(=O)OC)C3)cc12. The molecule has 2 aromatic heterocycles. The van der Waals surface area contributed by atoms with Crippen molar-refractivity contribution >= 4 is 54.7 Å². The van der Waals surface area contributed by atoms with Crippen LogP contribution in [0.4, 0.5) is 25.3 Å². The number of carbonyl (C=O) groups is 1. The molecule has 0 amide bonds. The first-order valence-corrected chi connectivity index (χ1v) is 16.3. The number of thiazole rings is 1. The van der Waals surface area contributed by atoms with Crippen molar-refractivity contribution in [3.63, 3.8) is 0 Å². The van der Waals surface area contributed by atoms with Crippen LogP contribution in [-0.2, 0) is 19.6 Å². The van der Waals surface area contributed by atoms with Gasteiger partial charge in [0.2, 0.25) is 10.0 Å². The molecule has 4 aromatic rings. The molecule has 10 nitrogen and oxygen atoms in total. The van der Waals surface area contributed by atoms with Gasteiger partial charge in [-0.2, -0.15) is 5.26 Å². The highest BCUT2D eigenvalue weighted by Crippen LogP contribution is 2.41. The zero-order valence-electron chi connectivity index (χ0n) is 24.5. The van der Waals surface area contributed by atoms with Gasteiger partial charge in [0.1, 0.15) is 28.0 Å². The smallest absolute Gasteiger partial charge is 0.322 e. The quantitative estimate of drug-likeness (QED) is 0.236. The maximum atomic E-state index is 15.7. The van der Waals surface area contributed by atoms with Gasteiger partial charge in [0.25, 0.3) is 0 Å². The van der Waals surface area contributed by atoms with Gasteiger partial charge in [-0.1, -0.05) is 25.2 Å². The number of hydrogen-bond acceptors (Lipinski definition) is 10. The maximum Gasteiger partial charge on any atom is 0.322 e. The van der Waals surface area contributed by atoms with Gasteiger partial charge in [0, 0.05) is 42.0 Å². The molecule has 0 bridgehead atoms. The molecule has 0 unspecified atom stereocenters. The normalized spacial score (nSPS) is 13.6. The molecule has 1 fully saturated rings. The van der Waals surface area contributed by atoms with E-state index in [9.17, 15) is 22.9 Å². The van der Waals surface area contributed by atoms with Crippen LogP contribution in [0, 0.1) is 23.0 Å². The third kappa shape index (κ3) is 6.35. The van der Waals surface area contributed by atoms with Crippen molar-refractivity contribution in [1.82, 2.24) is 14.7 Å². The van der Waals surface area contributed by atoms with Crippen molar-refractivity contribution in [2.45, 2.75) is 32.7 Å². The Hall–Kier alpha value is -4.19. The van der Waals surface area contributed by atoms with Crippen LogP contribution < -0.4 is 14.5 Å². The van der Waals surface area contributed by atoms with E-state index in [-0.39, 0.29) is 24.5 Å². The Labute approximate surface area is 258 Å². The zero-order valence-corrected chi connectivity index (χ0v) is 26.1. The molecule has 44 heavy (non-hydrogen) atoms. The molecule has 0 saturated carbocycles. The lowest BCUT2D eigenvalue weighted by molar-refractivity contribution is -0.137. The largest absolute Gasteiger partial charge is 0.468 e. The van der Waals surface area contributed by atoms with Crippen LogP contribution in [0.2, 0.25) is 0 Å². The summed E-state index contributed by atoms with van der Waals surface area (Å²) >= 11 is 1.19. The fourth-order valence-corrected chi connectivity index (χ4v) is 7.09. The Morgan fingerprint density at radius 3 is 2.52 bits per heavy atom. The summed E-state index contributed by atoms with van der Waals surface area (Å²) in [6.45, 7) is 6.84. The van der Waals surface area contributed by atoms with Crippen molar-refractivity contribution in [2.75, 3.05) is 42.3 Å². The van der Waals surface area contributed by atoms with E-state index in [1.807, 2.05) is 42.7 Å². The Morgan fingerprint density at radius 1 is 1.20 bits per heavy atom. The van der Waals surface area contributed by atoms with Crippen LogP contribution >= 0.6 is 11.3 Å². The van der Waals surface area contributed by atoms with E-state index in [1.165, 1.54) is 29.5 Å². The van der Waals surface area contributed by atoms with Gasteiger partial charge in [-0.25, -0.2) is 31.9 Å². The number of anilines is 3. The highest BCUT2D eigenvalue weighted by atomic mass is 32.2. The molecule has 1 saturated heterocycles. The van der Waals surface area contributed by atoms with Gasteiger partial charge < -0.3 is 14.5 Å². The summed E-state index contributed by atoms with van der Waals surface area (Å²) in [6.07, 6.45) is 0. The first-order valence-electron chi connectivity index (χ1n) is 13.8. The molecule has 0 spiro atoms. The van der Waals surface area contributed by atoms with Crippen LogP contribution in [0.25, 0.3) is 22.2 Å². The lowest BCUT2D eigenvalue weighted by atomic mass is 10.0. The number of hydrogen-bond donors (Lipinski definition) is 1. The van der Waals surface area contributed by atoms with E-state index >= 15 is 4.39 Å². The van der Waals surface area contributed by atoms with E-state index in [0.29, 0.717) is 50.3 Å². The van der Waals surface area contributed by atoms with Crippen molar-refractivity contribution in [1.29, 1.82) is 5.26 Å². The van der Waals surface area contributed by atoms with E-state index in [4.69, 9.17) is 4.98 Å². The van der Waals surface area contributed by atoms with Gasteiger partial charge >= 0.3 is 5.97 Å². The Bertz CT molecular complexity index is 1870. The molecular weight excluding hydrogens is 610 g/mol. The van der Waals surface area contributed by atoms with E-state index in [0.717, 1.165) is 7.11 Å². The fourth-order valence-electron chi connectivity index (χ4n) is 4.96. The number of carbonyl (C=O) groups excluding carboxylic acids is 1. The molecule has 0 aliphatic carbocycles. The average Bonchev–Trinajstić information content (AvgIpc) is 3.39. The van der Waals surface area contributed by atoms with Crippen molar-refractivity contribution in [3.8, 4) is 17.3 Å². The van der Waals surface area contributed by atoms with Crippen LogP contribution in [-0.4, -0.2) is 62.9 Å². The first kappa shape index (κ1) is 31.2. The number of nitriles is 1. The van der Waals surface area contributed by atoms with Crippen molar-refractivity contribution in [2.24, 2.45) is 0 Å². The monoisotopic (exact) mass is 640 g/mol. The number of nitrogens with one attached hydrogen (secondary N) is 1. The summed E-state index contributed by atoms with van der Waals surface area (Å²) in [7, 11) is -2.77. The van der Waals surface area contributed by atoms with Gasteiger partial charge in [-0.05, 0) is 55.3 Å². The second-order valence-corrected chi connectivity index (χ2v) is 13.4. The molecule has 1 N–H and O–H groups in total. The fraction of sp³-hybridized carbons (Fsp3) is 0.333. The molecule has 1 aliphatic heterocycles. The molecule has 14 heteroatoms. The number of ether oxygens (including phenoxy) is 1. The second-order valence-electron chi connectivity index (χ2n) is 10.6. The molecule has 0 radical (unpaired) electrons. The van der Waals surface area contributed by atoms with Gasteiger partial charge in [0.15, 0.2) is 16.7 Å². The van der Waals surface area contributed by atoms with Crippen LogP contribution in [0.15, 0.2) is 42.5 Å². The second kappa shape index (κ2) is 12.4. The summed E-state index contributed by atoms with van der Waals surface area (Å²) in [6, 6.07) is 12.6. The number of sulfonamides is 1. The number of aromatic nitrogens is 2.